The first-order valence-corrected chi connectivity index (χ1v) is 2.42. The van der Waals surface area contributed by atoms with Crippen LogP contribution in [0.15, 0.2) is 24.3 Å². The fraction of sp³-hybridized carbons (Fsp3) is 0. The van der Waals surface area contributed by atoms with Crippen molar-refractivity contribution in [2.45, 2.75) is 0 Å². The molecule has 1 aromatic carbocycles. The van der Waals surface area contributed by atoms with E-state index in [1.807, 2.05) is 0 Å². The fourth-order valence-electron chi connectivity index (χ4n) is 0.497. The van der Waals surface area contributed by atoms with Crippen LogP contribution >= 0.6 is 0 Å². The van der Waals surface area contributed by atoms with Crippen molar-refractivity contribution in [2.75, 3.05) is 0 Å². The Hall–Kier alpha value is -0.640. The molecule has 1 aromatic rings. The molecule has 0 aliphatic heterocycles. The summed E-state index contributed by atoms with van der Waals surface area (Å²) in [6.07, 6.45) is 0. The van der Waals surface area contributed by atoms with Crippen LogP contribution in [0.2, 0.25) is 0 Å². The molecule has 0 saturated carbocycles. The van der Waals surface area contributed by atoms with Gasteiger partial charge in [-0.1, -0.05) is 6.07 Å². The molecule has 0 heterocycles. The topological polar surface area (TPSA) is 43.1 Å². The molecular formula is C6H4AgNO2. The first-order valence-electron chi connectivity index (χ1n) is 2.42. The zero-order valence-electron chi connectivity index (χ0n) is 4.87. The maximum absolute atomic E-state index is 9.98. The molecular weight excluding hydrogens is 226 g/mol. The molecule has 0 radical (unpaired) electrons. The van der Waals surface area contributed by atoms with Crippen molar-refractivity contribution < 1.29 is 27.3 Å². The minimum atomic E-state index is -0.472. The summed E-state index contributed by atoms with van der Waals surface area (Å²) in [5, 5.41) is 9.98. The smallest absolute Gasteiger partial charge is 0.260 e. The van der Waals surface area contributed by atoms with Crippen LogP contribution in [0.25, 0.3) is 0 Å². The molecule has 10 heavy (non-hydrogen) atoms. The summed E-state index contributed by atoms with van der Waals surface area (Å²) in [5.41, 5.74) is 0.0116. The van der Waals surface area contributed by atoms with E-state index >= 15 is 0 Å². The third kappa shape index (κ3) is 2.31. The Bertz CT molecular complexity index is 212. The number of benzene rings is 1. The number of hydrogen-bond acceptors (Lipinski definition) is 2. The Morgan fingerprint density at radius 1 is 1.50 bits per heavy atom. The molecule has 0 bridgehead atoms. The van der Waals surface area contributed by atoms with E-state index in [4.69, 9.17) is 0 Å². The quantitative estimate of drug-likeness (QED) is 0.316. The number of para-hydroxylation sites is 1. The van der Waals surface area contributed by atoms with Gasteiger partial charge in [-0.05, 0) is 0 Å². The van der Waals surface area contributed by atoms with Gasteiger partial charge >= 0.3 is 22.4 Å². The fourth-order valence-corrected chi connectivity index (χ4v) is 0.497. The zero-order valence-corrected chi connectivity index (χ0v) is 6.36. The summed E-state index contributed by atoms with van der Waals surface area (Å²) < 4.78 is 0. The standard InChI is InChI=1S/C6H4NO2.Ag/c8-7(9)6-4-2-1-3-5-6;/h1-4H;/q-1;+1. The van der Waals surface area contributed by atoms with E-state index in [-0.39, 0.29) is 28.1 Å². The number of non-ortho nitro benzene ring substituents is 1. The van der Waals surface area contributed by atoms with E-state index in [9.17, 15) is 10.1 Å². The molecule has 3 nitrogen and oxygen atoms in total. The van der Waals surface area contributed by atoms with Gasteiger partial charge in [-0.25, -0.2) is 0 Å². The molecule has 0 atom stereocenters. The summed E-state index contributed by atoms with van der Waals surface area (Å²) >= 11 is 0. The molecule has 0 aliphatic carbocycles. The van der Waals surface area contributed by atoms with E-state index in [2.05, 4.69) is 6.07 Å². The Labute approximate surface area is 73.7 Å². The Kier molecular flexibility index (Phi) is 3.95. The summed E-state index contributed by atoms with van der Waals surface area (Å²) in [5.74, 6) is 0. The van der Waals surface area contributed by atoms with Crippen LogP contribution < -0.4 is 0 Å². The summed E-state index contributed by atoms with van der Waals surface area (Å²) in [7, 11) is 0. The normalized spacial score (nSPS) is 8.00. The van der Waals surface area contributed by atoms with E-state index in [0.717, 1.165) is 0 Å². The number of nitrogens with zero attached hydrogens (tertiary/aromatic N) is 1. The van der Waals surface area contributed by atoms with Gasteiger partial charge in [0.05, 0.1) is 0 Å². The first kappa shape index (κ1) is 9.36. The van der Waals surface area contributed by atoms with Crippen LogP contribution in [0.4, 0.5) is 5.69 Å². The predicted octanol–water partition coefficient (Wildman–Crippen LogP) is 1.39. The van der Waals surface area contributed by atoms with Crippen molar-refractivity contribution in [2.24, 2.45) is 0 Å². The third-order valence-electron chi connectivity index (χ3n) is 0.889. The van der Waals surface area contributed by atoms with Crippen LogP contribution in [0.5, 0.6) is 0 Å². The third-order valence-corrected chi connectivity index (χ3v) is 0.889. The van der Waals surface area contributed by atoms with Crippen molar-refractivity contribution >= 4 is 5.69 Å². The molecule has 1 rings (SSSR count). The largest absolute Gasteiger partial charge is 1.00 e. The second kappa shape index (κ2) is 4.22. The molecule has 0 aliphatic rings. The maximum atomic E-state index is 9.98. The zero-order chi connectivity index (χ0) is 6.69. The SMILES string of the molecule is O=[N+]([O-])c1[c-]cccc1.[Ag+]. The van der Waals surface area contributed by atoms with Crippen molar-refractivity contribution in [1.82, 2.24) is 0 Å². The van der Waals surface area contributed by atoms with Gasteiger partial charge in [-0.2, -0.15) is 18.2 Å². The van der Waals surface area contributed by atoms with Gasteiger partial charge in [0.25, 0.3) is 0 Å². The van der Waals surface area contributed by atoms with Crippen LogP contribution in [-0.2, 0) is 22.4 Å². The second-order valence-corrected chi connectivity index (χ2v) is 1.50. The maximum Gasteiger partial charge on any atom is 1.00 e. The molecule has 0 unspecified atom stereocenters. The molecule has 0 aromatic heterocycles. The summed E-state index contributed by atoms with van der Waals surface area (Å²) in [6, 6.07) is 8.68. The molecule has 0 spiro atoms. The van der Waals surface area contributed by atoms with Crippen molar-refractivity contribution in [1.29, 1.82) is 0 Å². The molecule has 0 saturated heterocycles. The van der Waals surface area contributed by atoms with Gasteiger partial charge in [-0.15, -0.1) is 6.07 Å². The molecule has 4 heteroatoms. The van der Waals surface area contributed by atoms with Crippen molar-refractivity contribution in [3.63, 3.8) is 0 Å². The molecule has 0 fully saturated rings. The van der Waals surface area contributed by atoms with Gasteiger partial charge < -0.3 is 0 Å². The van der Waals surface area contributed by atoms with Gasteiger partial charge in [0, 0.05) is 4.92 Å². The Balaban J connectivity index is 0.000000810. The Morgan fingerprint density at radius 2 is 2.20 bits per heavy atom. The average molecular weight is 230 g/mol. The average Bonchev–Trinajstić information content (AvgIpc) is 1.90. The van der Waals surface area contributed by atoms with E-state index < -0.39 is 4.92 Å². The molecule has 0 N–H and O–H groups in total. The second-order valence-electron chi connectivity index (χ2n) is 1.50. The van der Waals surface area contributed by atoms with Gasteiger partial charge in [0.2, 0.25) is 0 Å². The van der Waals surface area contributed by atoms with Crippen LogP contribution in [0.1, 0.15) is 0 Å². The minimum Gasteiger partial charge on any atom is -0.260 e. The minimum absolute atomic E-state index is 0. The van der Waals surface area contributed by atoms with Gasteiger partial charge in [0.1, 0.15) is 0 Å². The van der Waals surface area contributed by atoms with E-state index in [1.165, 1.54) is 12.1 Å². The first-order chi connectivity index (χ1) is 4.30. The van der Waals surface area contributed by atoms with Crippen LogP contribution in [0.3, 0.4) is 0 Å². The van der Waals surface area contributed by atoms with Crippen molar-refractivity contribution in [3.05, 3.63) is 40.4 Å². The van der Waals surface area contributed by atoms with Gasteiger partial charge in [0.15, 0.2) is 5.69 Å². The molecule has 56 valence electrons. The van der Waals surface area contributed by atoms with Crippen molar-refractivity contribution in [3.8, 4) is 0 Å². The number of nitro benzene ring substituents is 1. The summed E-state index contributed by atoms with van der Waals surface area (Å²) in [6.45, 7) is 0. The number of nitro groups is 1. The van der Waals surface area contributed by atoms with Crippen LogP contribution in [0, 0.1) is 16.2 Å². The summed E-state index contributed by atoms with van der Waals surface area (Å²) in [4.78, 5) is 9.50. The van der Waals surface area contributed by atoms with E-state index in [1.54, 1.807) is 12.1 Å². The number of rotatable bonds is 1. The predicted molar refractivity (Wildman–Crippen MR) is 31.9 cm³/mol. The van der Waals surface area contributed by atoms with Crippen LogP contribution in [-0.4, -0.2) is 4.92 Å². The van der Waals surface area contributed by atoms with Gasteiger partial charge in [-0.3, -0.25) is 10.1 Å². The van der Waals surface area contributed by atoms with E-state index in [0.29, 0.717) is 0 Å². The monoisotopic (exact) mass is 229 g/mol. The Morgan fingerprint density at radius 3 is 2.50 bits per heavy atom. The number of hydrogen-bond donors (Lipinski definition) is 0. The molecule has 0 amide bonds.